The Morgan fingerprint density at radius 1 is 1.04 bits per heavy atom. The van der Waals surface area contributed by atoms with Crippen molar-refractivity contribution in [3.63, 3.8) is 0 Å². The molecule has 0 unspecified atom stereocenters. The van der Waals surface area contributed by atoms with E-state index in [0.29, 0.717) is 41.4 Å². The molecule has 13 nitrogen and oxygen atoms in total. The first-order chi connectivity index (χ1) is 23.5. The Morgan fingerprint density at radius 3 is 2.26 bits per heavy atom. The molecule has 0 aliphatic rings. The Labute approximate surface area is 300 Å². The maximum absolute atomic E-state index is 12.8. The highest BCUT2D eigenvalue weighted by Gasteiger charge is 2.29. The van der Waals surface area contributed by atoms with Gasteiger partial charge in [-0.15, -0.1) is 10.2 Å². The molecule has 0 bridgehead atoms. The van der Waals surface area contributed by atoms with Crippen molar-refractivity contribution in [3.8, 4) is 11.8 Å². The topological polar surface area (TPSA) is 182 Å². The van der Waals surface area contributed by atoms with Gasteiger partial charge >= 0.3 is 0 Å². The van der Waals surface area contributed by atoms with Crippen molar-refractivity contribution in [2.45, 2.75) is 46.5 Å². The predicted molar refractivity (Wildman–Crippen MR) is 195 cm³/mol. The second-order valence-corrected chi connectivity index (χ2v) is 14.6. The van der Waals surface area contributed by atoms with E-state index in [4.69, 9.17) is 32.9 Å². The zero-order valence-corrected chi connectivity index (χ0v) is 30.4. The largest absolute Gasteiger partial charge is 0.372 e. The normalized spacial score (nSPS) is 11.7. The smallest absolute Gasteiger partial charge is 0.264 e. The van der Waals surface area contributed by atoms with Crippen molar-refractivity contribution >= 4 is 73.7 Å². The molecule has 2 amide bonds. The molecule has 0 spiro atoms. The number of nitrogens with one attached hydrogen (secondary N) is 2. The first-order valence-corrected chi connectivity index (χ1v) is 17.8. The van der Waals surface area contributed by atoms with Gasteiger partial charge in [-0.1, -0.05) is 62.2 Å². The summed E-state index contributed by atoms with van der Waals surface area (Å²) >= 11 is 13.5. The minimum absolute atomic E-state index is 0.0283. The quantitative estimate of drug-likeness (QED) is 0.0963. The Bertz CT molecular complexity index is 2070. The highest BCUT2D eigenvalue weighted by Crippen LogP contribution is 2.40. The van der Waals surface area contributed by atoms with Gasteiger partial charge in [-0.3, -0.25) is 14.1 Å². The number of halogens is 2. The summed E-state index contributed by atoms with van der Waals surface area (Å²) in [5.74, 6) is -1.09. The van der Waals surface area contributed by atoms with Gasteiger partial charge < -0.3 is 15.5 Å². The van der Waals surface area contributed by atoms with Crippen molar-refractivity contribution in [1.29, 1.82) is 5.26 Å². The molecule has 50 heavy (non-hydrogen) atoms. The van der Waals surface area contributed by atoms with Crippen molar-refractivity contribution < 1.29 is 22.6 Å². The van der Waals surface area contributed by atoms with Crippen LogP contribution in [0.25, 0.3) is 5.69 Å². The summed E-state index contributed by atoms with van der Waals surface area (Å²) in [7, 11) is -4.11. The van der Waals surface area contributed by atoms with Gasteiger partial charge in [0.1, 0.15) is 23.0 Å². The van der Waals surface area contributed by atoms with Crippen LogP contribution in [0.5, 0.6) is 0 Å². The lowest BCUT2D eigenvalue weighted by Crippen LogP contribution is -2.25. The van der Waals surface area contributed by atoms with Crippen LogP contribution in [0, 0.1) is 11.3 Å². The molecule has 0 saturated carbocycles. The number of hydrogen-bond donors (Lipinski definition) is 3. The minimum Gasteiger partial charge on any atom is -0.372 e. The third kappa shape index (κ3) is 9.45. The van der Waals surface area contributed by atoms with E-state index in [2.05, 4.69) is 26.9 Å². The lowest BCUT2D eigenvalue weighted by molar-refractivity contribution is -0.114. The van der Waals surface area contributed by atoms with Crippen LogP contribution < -0.4 is 15.5 Å². The SMILES string of the molecule is CCN(CCCS(=O)(=O)O)c1ccc(/N=N/c2c(C#N)c(C(C)(C)C)nn2-c2c(Cl)cc(NC(=O)c3ccccc3)cc2Cl)c(NC(C)=O)c1. The molecular formula is C34H36Cl2N8O5S. The van der Waals surface area contributed by atoms with E-state index in [1.165, 1.54) is 23.7 Å². The third-order valence-corrected chi connectivity index (χ3v) is 8.71. The molecule has 262 valence electrons. The summed E-state index contributed by atoms with van der Waals surface area (Å²) in [4.78, 5) is 26.8. The summed E-state index contributed by atoms with van der Waals surface area (Å²) in [6.07, 6.45) is 0.187. The minimum atomic E-state index is -4.11. The molecule has 0 fully saturated rings. The van der Waals surface area contributed by atoms with E-state index in [-0.39, 0.29) is 56.8 Å². The summed E-state index contributed by atoms with van der Waals surface area (Å²) < 4.78 is 32.9. The maximum atomic E-state index is 12.8. The number of azo groups is 1. The number of amides is 2. The van der Waals surface area contributed by atoms with Gasteiger partial charge in [-0.25, -0.2) is 4.68 Å². The zero-order chi connectivity index (χ0) is 36.8. The van der Waals surface area contributed by atoms with Crippen LogP contribution in [0.15, 0.2) is 70.9 Å². The number of rotatable bonds is 12. The molecule has 16 heteroatoms. The molecular weight excluding hydrogens is 703 g/mol. The van der Waals surface area contributed by atoms with E-state index in [1.807, 2.05) is 32.6 Å². The van der Waals surface area contributed by atoms with Crippen molar-refractivity contribution in [2.75, 3.05) is 34.4 Å². The highest BCUT2D eigenvalue weighted by molar-refractivity contribution is 7.85. The monoisotopic (exact) mass is 738 g/mol. The second kappa shape index (κ2) is 15.8. The van der Waals surface area contributed by atoms with Crippen LogP contribution in [0.3, 0.4) is 0 Å². The lowest BCUT2D eigenvalue weighted by atomic mass is 9.90. The zero-order valence-electron chi connectivity index (χ0n) is 28.0. The molecule has 3 aromatic carbocycles. The lowest BCUT2D eigenvalue weighted by Gasteiger charge is -2.24. The van der Waals surface area contributed by atoms with E-state index in [9.17, 15) is 23.3 Å². The number of nitriles is 1. The molecule has 4 aromatic rings. The number of carbonyl (C=O) groups excluding carboxylic acids is 2. The molecule has 0 radical (unpaired) electrons. The summed E-state index contributed by atoms with van der Waals surface area (Å²) in [6.45, 7) is 9.72. The number of hydrogen-bond acceptors (Lipinski definition) is 9. The van der Waals surface area contributed by atoms with Crippen LogP contribution in [-0.4, -0.2) is 53.4 Å². The summed E-state index contributed by atoms with van der Waals surface area (Å²) in [5, 5.41) is 29.6. The van der Waals surface area contributed by atoms with Crippen LogP contribution in [0.1, 0.15) is 62.7 Å². The first kappa shape index (κ1) is 38.0. The van der Waals surface area contributed by atoms with Crippen molar-refractivity contribution in [2.24, 2.45) is 10.2 Å². The fraction of sp³-hybridized carbons (Fsp3) is 0.294. The van der Waals surface area contributed by atoms with Crippen LogP contribution >= 0.6 is 23.2 Å². The van der Waals surface area contributed by atoms with Gasteiger partial charge in [0, 0.05) is 42.4 Å². The van der Waals surface area contributed by atoms with Crippen LogP contribution in [0.4, 0.5) is 28.6 Å². The van der Waals surface area contributed by atoms with E-state index in [1.54, 1.807) is 48.5 Å². The summed E-state index contributed by atoms with van der Waals surface area (Å²) in [5.41, 5.74) is 2.14. The molecule has 4 rings (SSSR count). The van der Waals surface area contributed by atoms with Gasteiger partial charge in [-0.05, 0) is 55.8 Å². The van der Waals surface area contributed by atoms with E-state index < -0.39 is 15.5 Å². The Kier molecular flexibility index (Phi) is 12.0. The third-order valence-electron chi connectivity index (χ3n) is 7.33. The van der Waals surface area contributed by atoms with Gasteiger partial charge in [0.25, 0.3) is 16.0 Å². The number of nitrogens with zero attached hydrogens (tertiary/aromatic N) is 6. The van der Waals surface area contributed by atoms with Crippen molar-refractivity contribution in [3.05, 3.63) is 87.5 Å². The van der Waals surface area contributed by atoms with Gasteiger partial charge in [-0.2, -0.15) is 18.8 Å². The molecule has 0 saturated heterocycles. The Balaban J connectivity index is 1.78. The van der Waals surface area contributed by atoms with Gasteiger partial charge in [0.05, 0.1) is 27.2 Å². The molecule has 1 heterocycles. The molecule has 3 N–H and O–H groups in total. The number of anilines is 3. The van der Waals surface area contributed by atoms with E-state index in [0.717, 1.165) is 0 Å². The number of carbonyl (C=O) groups is 2. The van der Waals surface area contributed by atoms with Crippen LogP contribution in [0.2, 0.25) is 10.0 Å². The number of aromatic nitrogens is 2. The van der Waals surface area contributed by atoms with Gasteiger partial charge in [0.2, 0.25) is 5.91 Å². The van der Waals surface area contributed by atoms with Gasteiger partial charge in [0.15, 0.2) is 5.82 Å². The molecule has 0 aliphatic heterocycles. The second-order valence-electron chi connectivity index (χ2n) is 12.2. The summed E-state index contributed by atoms with van der Waals surface area (Å²) in [6, 6.07) is 18.9. The standard InChI is InChI=1S/C34H36Cl2N8O5S/c1-6-43(15-10-16-50(47,48)49)24-13-14-28(29(19-24)38-21(2)45)40-41-32-25(20-37)31(34(3,4)5)42-44(32)30-26(35)17-23(18-27(30)36)39-33(46)22-11-8-7-9-12-22/h7-9,11-14,17-19H,6,10,15-16H2,1-5H3,(H,38,45)(H,39,46)(H,47,48,49)/b41-40+. The Hall–Kier alpha value is -4.81. The van der Waals surface area contributed by atoms with E-state index >= 15 is 0 Å². The fourth-order valence-corrected chi connectivity index (χ4v) is 6.17. The average Bonchev–Trinajstić information content (AvgIpc) is 3.40. The first-order valence-electron chi connectivity index (χ1n) is 15.4. The van der Waals surface area contributed by atoms with Crippen molar-refractivity contribution in [1.82, 2.24) is 9.78 Å². The molecule has 1 aromatic heterocycles. The molecule has 0 atom stereocenters. The fourth-order valence-electron chi connectivity index (χ4n) is 5.02. The average molecular weight is 740 g/mol. The van der Waals surface area contributed by atoms with Crippen LogP contribution in [-0.2, 0) is 20.3 Å². The number of benzene rings is 3. The molecule has 0 aliphatic carbocycles. The highest BCUT2D eigenvalue weighted by atomic mass is 35.5. The maximum Gasteiger partial charge on any atom is 0.264 e. The Morgan fingerprint density at radius 2 is 1.70 bits per heavy atom. The predicted octanol–water partition coefficient (Wildman–Crippen LogP) is 8.08.